The van der Waals surface area contributed by atoms with E-state index < -0.39 is 5.97 Å². The van der Waals surface area contributed by atoms with Crippen LogP contribution in [0.4, 0.5) is 5.95 Å². The second-order valence-electron chi connectivity index (χ2n) is 5.47. The minimum absolute atomic E-state index is 0.0116. The first-order chi connectivity index (χ1) is 11.3. The van der Waals surface area contributed by atoms with Gasteiger partial charge in [-0.25, -0.2) is 4.73 Å². The zero-order valence-electron chi connectivity index (χ0n) is 13.6. The predicted molar refractivity (Wildman–Crippen MR) is 84.0 cm³/mol. The number of fused-ring (bicyclic) bond motifs is 1. The molecule has 128 valence electrons. The molecule has 9 heteroatoms. The van der Waals surface area contributed by atoms with Gasteiger partial charge in [-0.1, -0.05) is 0 Å². The van der Waals surface area contributed by atoms with Crippen LogP contribution in [0.15, 0.2) is 18.2 Å². The molecule has 0 unspecified atom stereocenters. The number of carbonyl (C=O) groups excluding carboxylic acids is 2. The van der Waals surface area contributed by atoms with Gasteiger partial charge in [0.1, 0.15) is 0 Å². The van der Waals surface area contributed by atoms with Crippen molar-refractivity contribution in [3.63, 3.8) is 0 Å². The number of nitrogens with one attached hydrogen (secondary N) is 1. The average molecular weight is 334 g/mol. The largest absolute Gasteiger partial charge is 0.739 e. The van der Waals surface area contributed by atoms with Gasteiger partial charge in [-0.2, -0.15) is 0 Å². The van der Waals surface area contributed by atoms with E-state index in [0.717, 1.165) is 0 Å². The molecule has 9 nitrogen and oxygen atoms in total. The lowest BCUT2D eigenvalue weighted by Crippen LogP contribution is -2.44. The fourth-order valence-electron chi connectivity index (χ4n) is 2.07. The summed E-state index contributed by atoms with van der Waals surface area (Å²) in [5, 5.41) is 30.5. The van der Waals surface area contributed by atoms with Crippen molar-refractivity contribution in [2.24, 2.45) is 0 Å². The van der Waals surface area contributed by atoms with Gasteiger partial charge >= 0.3 is 11.9 Å². The van der Waals surface area contributed by atoms with Crippen molar-refractivity contribution in [3.8, 4) is 0 Å². The summed E-state index contributed by atoms with van der Waals surface area (Å²) < 4.78 is 5.41. The monoisotopic (exact) mass is 334 g/mol. The number of aromatic nitrogens is 3. The van der Waals surface area contributed by atoms with E-state index in [1.54, 1.807) is 13.8 Å². The predicted octanol–water partition coefficient (Wildman–Crippen LogP) is 0.458. The maximum Gasteiger partial charge on any atom is 0.460 e. The molecule has 1 heterocycles. The summed E-state index contributed by atoms with van der Waals surface area (Å²) >= 11 is 0. The molecule has 0 atom stereocenters. The van der Waals surface area contributed by atoms with Crippen molar-refractivity contribution in [1.82, 2.24) is 5.10 Å². The van der Waals surface area contributed by atoms with Gasteiger partial charge in [-0.3, -0.25) is 14.9 Å². The third kappa shape index (κ3) is 3.86. The molecule has 0 radical (unpaired) electrons. The molecule has 0 amide bonds. The molecule has 1 aromatic heterocycles. The third-order valence-corrected chi connectivity index (χ3v) is 3.16. The van der Waals surface area contributed by atoms with Crippen LogP contribution in [0, 0.1) is 10.4 Å². The highest BCUT2D eigenvalue weighted by molar-refractivity contribution is 5.96. The summed E-state index contributed by atoms with van der Waals surface area (Å²) in [6.07, 6.45) is -0.194. The van der Waals surface area contributed by atoms with Crippen molar-refractivity contribution < 1.29 is 23.9 Å². The number of ketones is 1. The molecule has 0 aliphatic carbocycles. The Morgan fingerprint density at radius 2 is 2.00 bits per heavy atom. The number of nitrogens with zero attached hydrogens (tertiary/aromatic N) is 3. The van der Waals surface area contributed by atoms with Gasteiger partial charge in [0, 0.05) is 16.5 Å². The molecule has 0 aliphatic heterocycles. The number of hydrogen-bond acceptors (Lipinski definition) is 7. The van der Waals surface area contributed by atoms with Crippen LogP contribution in [0.3, 0.4) is 0 Å². The molecule has 0 fully saturated rings. The summed E-state index contributed by atoms with van der Waals surface area (Å²) in [4.78, 5) is 23.1. The van der Waals surface area contributed by atoms with Crippen LogP contribution in [0.2, 0.25) is 0 Å². The SMILES string of the molecule is CC(=O)c1ccc2c(c1)[n+]([O-])nc(NCCC(=O)OC(C)C)[n+]2[O-]. The van der Waals surface area contributed by atoms with E-state index in [9.17, 15) is 20.0 Å². The summed E-state index contributed by atoms with van der Waals surface area (Å²) in [6, 6.07) is 4.16. The molecule has 24 heavy (non-hydrogen) atoms. The van der Waals surface area contributed by atoms with E-state index in [-0.39, 0.29) is 46.7 Å². The summed E-state index contributed by atoms with van der Waals surface area (Å²) in [6.45, 7) is 4.92. The first-order valence-electron chi connectivity index (χ1n) is 7.41. The lowest BCUT2D eigenvalue weighted by atomic mass is 10.1. The number of Topliss-reactive ketones (excluding diaryl/α,β-unsaturated/α-hetero) is 1. The minimum Gasteiger partial charge on any atom is -0.739 e. The van der Waals surface area contributed by atoms with Crippen LogP contribution in [0.25, 0.3) is 11.0 Å². The van der Waals surface area contributed by atoms with Crippen LogP contribution in [-0.2, 0) is 9.53 Å². The molecular weight excluding hydrogens is 316 g/mol. The van der Waals surface area contributed by atoms with Gasteiger partial charge in [0.25, 0.3) is 5.52 Å². The third-order valence-electron chi connectivity index (χ3n) is 3.16. The van der Waals surface area contributed by atoms with Crippen molar-refractivity contribution in [2.75, 3.05) is 11.9 Å². The molecule has 0 bridgehead atoms. The molecular formula is C15H18N4O5. The Morgan fingerprint density at radius 1 is 1.29 bits per heavy atom. The lowest BCUT2D eigenvalue weighted by Gasteiger charge is -2.11. The number of benzene rings is 1. The zero-order valence-corrected chi connectivity index (χ0v) is 13.6. The van der Waals surface area contributed by atoms with E-state index in [2.05, 4.69) is 10.4 Å². The number of hydrogen-bond donors (Lipinski definition) is 1. The number of rotatable bonds is 6. The molecule has 2 rings (SSSR count). The Balaban J connectivity index is 2.20. The van der Waals surface area contributed by atoms with Crippen molar-refractivity contribution >= 4 is 28.7 Å². The quantitative estimate of drug-likeness (QED) is 0.352. The van der Waals surface area contributed by atoms with Crippen LogP contribution in [-0.4, -0.2) is 29.5 Å². The van der Waals surface area contributed by atoms with Gasteiger partial charge in [-0.15, -0.1) is 0 Å². The number of carbonyl (C=O) groups is 2. The Bertz CT molecular complexity index is 791. The van der Waals surface area contributed by atoms with E-state index in [4.69, 9.17) is 4.74 Å². The Kier molecular flexibility index (Phi) is 5.12. The second-order valence-corrected chi connectivity index (χ2v) is 5.47. The second kappa shape index (κ2) is 7.07. The van der Waals surface area contributed by atoms with Gasteiger partial charge in [0.05, 0.1) is 19.1 Å². The lowest BCUT2D eigenvalue weighted by molar-refractivity contribution is -0.672. The number of anilines is 1. The van der Waals surface area contributed by atoms with Crippen molar-refractivity contribution in [3.05, 3.63) is 34.2 Å². The van der Waals surface area contributed by atoms with Crippen molar-refractivity contribution in [2.45, 2.75) is 33.3 Å². The fraction of sp³-hybridized carbons (Fsp3) is 0.400. The Hall–Kier alpha value is -2.97. The molecule has 0 aliphatic rings. The first-order valence-corrected chi connectivity index (χ1v) is 7.41. The molecule has 2 aromatic rings. The topological polar surface area (TPSA) is 122 Å². The number of ether oxygens (including phenoxy) is 1. The minimum atomic E-state index is -0.420. The van der Waals surface area contributed by atoms with E-state index in [1.165, 1.54) is 25.1 Å². The van der Waals surface area contributed by atoms with Gasteiger partial charge in [0.2, 0.25) is 5.10 Å². The van der Waals surface area contributed by atoms with Crippen molar-refractivity contribution in [1.29, 1.82) is 0 Å². The summed E-state index contributed by atoms with van der Waals surface area (Å²) in [5.41, 5.74) is 0.366. The highest BCUT2D eigenvalue weighted by Crippen LogP contribution is 2.10. The highest BCUT2D eigenvalue weighted by Gasteiger charge is 2.21. The van der Waals surface area contributed by atoms with Crippen LogP contribution in [0.1, 0.15) is 37.6 Å². The first kappa shape index (κ1) is 17.4. The maximum absolute atomic E-state index is 12.3. The Labute approximate surface area is 138 Å². The standard InChI is InChI=1S/C15H18N4O5/c1-9(2)24-14(21)6-7-16-15-17-19(23)13-8-11(10(3)20)4-5-12(13)18(15)22/h4-5,8-9H,6-7H2,1-3H3,(H,16,17). The van der Waals surface area contributed by atoms with Crippen LogP contribution < -0.4 is 14.9 Å². The Morgan fingerprint density at radius 3 is 2.62 bits per heavy atom. The highest BCUT2D eigenvalue weighted by atomic mass is 16.5. The maximum atomic E-state index is 12.3. The molecule has 1 aromatic carbocycles. The van der Waals surface area contributed by atoms with Gasteiger partial charge in [0.15, 0.2) is 11.3 Å². The molecule has 0 spiro atoms. The van der Waals surface area contributed by atoms with Gasteiger partial charge < -0.3 is 15.2 Å². The number of esters is 1. The fourth-order valence-corrected chi connectivity index (χ4v) is 2.07. The zero-order chi connectivity index (χ0) is 17.9. The van der Waals surface area contributed by atoms with E-state index in [0.29, 0.717) is 10.3 Å². The van der Waals surface area contributed by atoms with E-state index in [1.807, 2.05) is 0 Å². The summed E-state index contributed by atoms with van der Waals surface area (Å²) in [7, 11) is 0. The smallest absolute Gasteiger partial charge is 0.460 e. The molecule has 1 N–H and O–H groups in total. The van der Waals surface area contributed by atoms with E-state index >= 15 is 0 Å². The molecule has 0 saturated heterocycles. The molecule has 0 saturated carbocycles. The van der Waals surface area contributed by atoms with Crippen LogP contribution >= 0.6 is 0 Å². The normalized spacial score (nSPS) is 10.8. The summed E-state index contributed by atoms with van der Waals surface area (Å²) in [5.74, 6) is -0.873. The van der Waals surface area contributed by atoms with Gasteiger partial charge in [-0.05, 0) is 32.9 Å². The average Bonchev–Trinajstić information content (AvgIpc) is 2.50. The van der Waals surface area contributed by atoms with Crippen LogP contribution in [0.5, 0.6) is 0 Å².